The van der Waals surface area contributed by atoms with E-state index in [-0.39, 0.29) is 59.5 Å². The van der Waals surface area contributed by atoms with Gasteiger partial charge >= 0.3 is 68.5 Å². The first kappa shape index (κ1) is 142. The lowest BCUT2D eigenvalue weighted by atomic mass is 10.5. The predicted octanol–water partition coefficient (Wildman–Crippen LogP) is 17.0. The summed E-state index contributed by atoms with van der Waals surface area (Å²) in [5, 5.41) is 79.2. The zero-order valence-corrected chi connectivity index (χ0v) is 109. The summed E-state index contributed by atoms with van der Waals surface area (Å²) in [5.41, 5.74) is 0. The zero-order chi connectivity index (χ0) is 102. The highest BCUT2D eigenvalue weighted by Crippen LogP contribution is 2.35. The second-order valence-electron chi connectivity index (χ2n) is 43.7. The lowest BCUT2D eigenvalue weighted by molar-refractivity contribution is 0.0914. The first-order chi connectivity index (χ1) is 59.7. The average molecular weight is 2200 g/mol. The summed E-state index contributed by atoms with van der Waals surface area (Å²) >= 11 is 0. The Morgan fingerprint density at radius 1 is 0.130 bits per heavy atom. The van der Waals surface area contributed by atoms with Gasteiger partial charge in [0.05, 0.1) is 119 Å². The third-order valence-electron chi connectivity index (χ3n) is 17.9. The van der Waals surface area contributed by atoms with Gasteiger partial charge in [0, 0.05) is 59.5 Å². The van der Waals surface area contributed by atoms with E-state index >= 15 is 0 Å². The molecule has 0 aliphatic rings. The number of hydrogen-bond donors (Lipinski definition) is 9. The Hall–Kier alpha value is 2.66. The molecule has 0 saturated carbocycles. The van der Waals surface area contributed by atoms with Crippen LogP contribution in [-0.4, -0.2) is 376 Å². The van der Waals surface area contributed by atoms with Crippen LogP contribution in [0.3, 0.4) is 0 Å². The molecule has 0 fully saturated rings. The van der Waals surface area contributed by atoms with E-state index in [1.807, 2.05) is 0 Å². The van der Waals surface area contributed by atoms with Gasteiger partial charge < -0.3 is 142 Å². The Morgan fingerprint density at radius 3 is 0.405 bits per heavy atom. The number of hydrogen-bond acceptors (Lipinski definition) is 31. The lowest BCUT2D eigenvalue weighted by Gasteiger charge is -2.42. The summed E-state index contributed by atoms with van der Waals surface area (Å²) in [5.74, 6) is 0. The molecule has 796 valence electrons. The van der Waals surface area contributed by atoms with Crippen LogP contribution in [0.1, 0.15) is 57.8 Å². The molecule has 0 bridgehead atoms. The molecule has 0 spiro atoms. The van der Waals surface area contributed by atoms with Crippen molar-refractivity contribution in [3.05, 3.63) is 0 Å². The minimum atomic E-state index is -2.56. The van der Waals surface area contributed by atoms with Crippen LogP contribution in [0.4, 0.5) is 0 Å². The highest BCUT2D eigenvalue weighted by Gasteiger charge is 2.49. The van der Waals surface area contributed by atoms with Crippen LogP contribution in [0, 0.1) is 0 Å². The molecule has 31 nitrogen and oxygen atoms in total. The molecule has 0 aliphatic heterocycles. The Balaban J connectivity index is -0.000000512. The molecule has 49 heteroatoms. The standard InChI is InChI=1S/C22H54O9Si4.C18H46O7Si4.C16H40O6Si3.C14H38O5Si4.C12H32O4Si3/c1-32(2,20-8-14-26-17-11-23)29-34(5,6)31-35(7,22-10-16-28-19-13-25)30-33(3,4)21-9-15-27-18-12-24;1-26(2,3)23-29(8,18-10-14-22-16-12-20)25-28(6,7)24-27(4,5)17-9-13-21-15-11-19;1-23(2,15-7-11-19-13-9-17)21-25(5,6)22-24(3,4)16-8-12-20-14-10-18;1-20(2,3)17-22(7,8)19-23(9,18-21(4,5)6)14-10-12-16-13-11-15;1-17(2,3)15-19(6,7)16-18(4,5)12-8-10-14-11-9-13/h23-25H,8-22H2,1-7H3;19-20H,9-18H2,1-8H3;17-18H,7-16H2,1-6H3;15H,10-14H2,1-9H3;13H,8-12H2,1-7H3. The van der Waals surface area contributed by atoms with Crippen LogP contribution in [0.5, 0.6) is 0 Å². The van der Waals surface area contributed by atoms with Gasteiger partial charge in [0.2, 0.25) is 0 Å². The maximum atomic E-state index is 8.97. The molecule has 0 aromatic rings. The molecule has 131 heavy (non-hydrogen) atoms. The summed E-state index contributed by atoms with van der Waals surface area (Å²) in [6, 6.07) is 8.65. The fraction of sp³-hybridized carbons (Fsp3) is 1.00. The third kappa shape index (κ3) is 97.2. The highest BCUT2D eigenvalue weighted by atomic mass is 28.5. The molecular formula is C82H210O31Si18. The van der Waals surface area contributed by atoms with Crippen molar-refractivity contribution in [2.75, 3.05) is 178 Å². The molecular weight excluding hydrogens is 1990 g/mol. The molecule has 0 rings (SSSR count). The van der Waals surface area contributed by atoms with Crippen LogP contribution >= 0.6 is 0 Å². The Bertz CT molecular complexity index is 2670. The maximum absolute atomic E-state index is 8.97. The monoisotopic (exact) mass is 2200 g/mol. The van der Waals surface area contributed by atoms with Crippen molar-refractivity contribution in [1.82, 2.24) is 0 Å². The second-order valence-corrected chi connectivity index (χ2v) is 118. The molecule has 0 aliphatic carbocycles. The number of rotatable bonds is 80. The smallest absolute Gasteiger partial charge is 0.315 e. The van der Waals surface area contributed by atoms with Crippen LogP contribution in [-0.2, 0) is 96.1 Å². The zero-order valence-electron chi connectivity index (χ0n) is 90.8. The molecule has 0 aromatic carbocycles. The van der Waals surface area contributed by atoms with Crippen molar-refractivity contribution in [1.29, 1.82) is 0 Å². The second kappa shape index (κ2) is 72.9. The third-order valence-corrected chi connectivity index (χ3v) is 84.1. The quantitative estimate of drug-likeness (QED) is 0.0202. The maximum Gasteiger partial charge on any atom is 0.315 e. The molecule has 3 atom stereocenters. The normalized spacial score (nSPS) is 14.9. The first-order valence-corrected chi connectivity index (χ1v) is 103. The van der Waals surface area contributed by atoms with Crippen LogP contribution < -0.4 is 0 Å². The largest absolute Gasteiger partial charge is 0.437 e. The van der Waals surface area contributed by atoms with Crippen molar-refractivity contribution in [3.8, 4) is 0 Å². The number of aliphatic hydroxyl groups is 9. The van der Waals surface area contributed by atoms with Crippen LogP contribution in [0.25, 0.3) is 0 Å². The number of ether oxygens (including phenoxy) is 9. The van der Waals surface area contributed by atoms with Gasteiger partial charge in [-0.15, -0.1) is 0 Å². The van der Waals surface area contributed by atoms with Gasteiger partial charge in [-0.05, 0) is 354 Å². The van der Waals surface area contributed by atoms with E-state index in [1.165, 1.54) is 0 Å². The Morgan fingerprint density at radius 2 is 0.252 bits per heavy atom. The predicted molar refractivity (Wildman–Crippen MR) is 581 cm³/mol. The summed E-state index contributed by atoms with van der Waals surface area (Å²) in [4.78, 5) is 0. The van der Waals surface area contributed by atoms with E-state index in [1.54, 1.807) is 0 Å². The fourth-order valence-electron chi connectivity index (χ4n) is 15.6. The van der Waals surface area contributed by atoms with E-state index in [2.05, 4.69) is 242 Å². The molecule has 0 aromatic heterocycles. The van der Waals surface area contributed by atoms with E-state index in [0.717, 1.165) is 112 Å². The van der Waals surface area contributed by atoms with E-state index in [4.69, 9.17) is 142 Å². The van der Waals surface area contributed by atoms with Gasteiger partial charge in [0.15, 0.2) is 83.2 Å². The van der Waals surface area contributed by atoms with Gasteiger partial charge in [0.1, 0.15) is 0 Å². The summed E-state index contributed by atoms with van der Waals surface area (Å²) in [6.07, 6.45) is 8.25. The van der Waals surface area contributed by atoms with Gasteiger partial charge in [-0.25, -0.2) is 0 Å². The van der Waals surface area contributed by atoms with Gasteiger partial charge in [-0.2, -0.15) is 0 Å². The van der Waals surface area contributed by atoms with Gasteiger partial charge in [-0.1, -0.05) is 0 Å². The Kier molecular flexibility index (Phi) is 79.0. The summed E-state index contributed by atoms with van der Waals surface area (Å²) in [6.45, 7) is 91.1. The molecule has 0 saturated heterocycles. The molecule has 0 radical (unpaired) electrons. The Labute approximate surface area is 820 Å². The lowest BCUT2D eigenvalue weighted by Crippen LogP contribution is -2.57. The van der Waals surface area contributed by atoms with Crippen molar-refractivity contribution < 1.29 is 142 Å². The fourth-order valence-corrected chi connectivity index (χ4v) is 99.1. The average Bonchev–Trinajstić information content (AvgIpc) is 0.815. The van der Waals surface area contributed by atoms with Crippen molar-refractivity contribution >= 4 is 152 Å². The topological polar surface area (TPSA) is 385 Å². The summed E-state index contributed by atoms with van der Waals surface area (Å²) in [7, 11) is -36.2. The van der Waals surface area contributed by atoms with Gasteiger partial charge in [-0.3, -0.25) is 0 Å². The minimum Gasteiger partial charge on any atom is -0.437 e. The number of aliphatic hydroxyl groups excluding tert-OH is 9. The first-order valence-electron chi connectivity index (χ1n) is 48.5. The van der Waals surface area contributed by atoms with E-state index in [9.17, 15) is 0 Å². The molecule has 9 N–H and O–H groups in total. The highest BCUT2D eigenvalue weighted by molar-refractivity contribution is 6.93. The van der Waals surface area contributed by atoms with Crippen molar-refractivity contribution in [2.24, 2.45) is 0 Å². The van der Waals surface area contributed by atoms with Crippen LogP contribution in [0.2, 0.25) is 297 Å². The minimum absolute atomic E-state index is 0.0263. The summed E-state index contributed by atoms with van der Waals surface area (Å²) < 4.78 is 134. The van der Waals surface area contributed by atoms with Crippen molar-refractivity contribution in [2.45, 2.75) is 354 Å². The van der Waals surface area contributed by atoms with E-state index in [0.29, 0.717) is 119 Å². The van der Waals surface area contributed by atoms with Crippen LogP contribution in [0.15, 0.2) is 0 Å². The van der Waals surface area contributed by atoms with Crippen molar-refractivity contribution in [3.63, 3.8) is 0 Å². The molecule has 0 heterocycles. The molecule has 0 amide bonds. The van der Waals surface area contributed by atoms with E-state index < -0.39 is 152 Å². The SMILES string of the molecule is C[Si](C)(C)O[Si](C)(C)O[Si](C)(C)CCCOCCO.C[Si](C)(C)O[Si](C)(C)O[Si](C)(CCCOCCO)O[Si](C)(C)C.C[Si](C)(C)O[Si](C)(CCCOCCO)O[Si](C)(C)O[Si](C)(C)CCCOCCO.C[Si](C)(CCCOCCO)O[Si](C)(C)O[Si](C)(C)CCCOCCO.C[Si](C)(CCCOCCO)O[Si](C)(C)O[Si](C)(CCCOCCO)O[Si](C)(C)CCCOCCO. The molecule has 3 unspecified atom stereocenters. The van der Waals surface area contributed by atoms with Gasteiger partial charge in [0.25, 0.3) is 0 Å².